The minimum absolute atomic E-state index is 0.485. The van der Waals surface area contributed by atoms with Gasteiger partial charge in [0.05, 0.1) is 0 Å². The summed E-state index contributed by atoms with van der Waals surface area (Å²) in [4.78, 5) is 58.1. The molecule has 0 heterocycles. The van der Waals surface area contributed by atoms with Crippen LogP contribution in [0.3, 0.4) is 0 Å². The van der Waals surface area contributed by atoms with Crippen LogP contribution < -0.4 is 0 Å². The van der Waals surface area contributed by atoms with Crippen molar-refractivity contribution in [2.45, 2.75) is 212 Å². The zero-order valence-corrected chi connectivity index (χ0v) is 36.8. The van der Waals surface area contributed by atoms with E-state index in [2.05, 4.69) is 27.7 Å². The second-order valence-electron chi connectivity index (χ2n) is 14.4. The summed E-state index contributed by atoms with van der Waals surface area (Å²) in [6.45, 7) is 23.8. The standard InChI is InChI=1S/4C10H20O2.Sn/c4*1-4-7-8-10(5-2,6-3)9(11)12;/h4*4-8H2,1-3H3,(H,11,12);/q;;;;+4/p-4. The number of carbonyl (C=O) groups is 4. The average molecular weight is 804 g/mol. The number of unbranched alkanes of at least 4 members (excludes halogenated alkanes) is 4. The first-order valence-corrected chi connectivity index (χ1v) is 24.8. The van der Waals surface area contributed by atoms with Crippen molar-refractivity contribution in [3.05, 3.63) is 0 Å². The summed E-state index contributed by atoms with van der Waals surface area (Å²) < 4.78 is 25.6. The van der Waals surface area contributed by atoms with Crippen molar-refractivity contribution < 1.29 is 31.5 Å². The molecule has 0 atom stereocenters. The first-order valence-electron chi connectivity index (χ1n) is 20.2. The van der Waals surface area contributed by atoms with Crippen LogP contribution in [0.2, 0.25) is 0 Å². The Balaban J connectivity index is 7.80. The van der Waals surface area contributed by atoms with E-state index in [1.165, 1.54) is 0 Å². The molecule has 288 valence electrons. The summed E-state index contributed by atoms with van der Waals surface area (Å²) in [7, 11) is 0. The molecule has 0 aromatic carbocycles. The van der Waals surface area contributed by atoms with Crippen LogP contribution in [0.15, 0.2) is 0 Å². The fraction of sp³-hybridized carbons (Fsp3) is 0.900. The molecular formula is C40H76O8Sn. The van der Waals surface area contributed by atoms with Gasteiger partial charge in [-0.1, -0.05) is 0 Å². The Morgan fingerprint density at radius 1 is 0.347 bits per heavy atom. The molecule has 0 aliphatic carbocycles. The molecule has 0 amide bonds. The summed E-state index contributed by atoms with van der Waals surface area (Å²) >= 11 is -6.28. The molecule has 0 N–H and O–H groups in total. The maximum absolute atomic E-state index is 14.5. The summed E-state index contributed by atoms with van der Waals surface area (Å²) in [5, 5.41) is 0. The van der Waals surface area contributed by atoms with Crippen molar-refractivity contribution >= 4 is 43.9 Å². The van der Waals surface area contributed by atoms with Crippen molar-refractivity contribution in [2.75, 3.05) is 0 Å². The van der Waals surface area contributed by atoms with Crippen molar-refractivity contribution in [3.63, 3.8) is 0 Å². The SMILES string of the molecule is CCCCC(CC)(CC)C(=O)[O][Sn]([O]C(=O)C(CC)(CC)CCCC)([O]C(=O)C(CC)(CC)CCCC)[O]C(=O)C(CC)(CC)CCCC. The molecule has 0 aliphatic heterocycles. The first-order chi connectivity index (χ1) is 23.2. The van der Waals surface area contributed by atoms with Crippen LogP contribution in [0.25, 0.3) is 0 Å². The van der Waals surface area contributed by atoms with E-state index in [4.69, 9.17) is 12.3 Å². The van der Waals surface area contributed by atoms with Gasteiger partial charge in [0.2, 0.25) is 0 Å². The first kappa shape index (κ1) is 47.7. The molecule has 0 unspecified atom stereocenters. The van der Waals surface area contributed by atoms with Crippen LogP contribution in [0, 0.1) is 21.7 Å². The predicted molar refractivity (Wildman–Crippen MR) is 200 cm³/mol. The Hall–Kier alpha value is -1.32. The molecule has 0 fully saturated rings. The summed E-state index contributed by atoms with van der Waals surface area (Å²) in [6.07, 6.45) is 12.8. The zero-order valence-electron chi connectivity index (χ0n) is 33.9. The number of carbonyl (C=O) groups excluding carboxylic acids is 4. The van der Waals surface area contributed by atoms with Gasteiger partial charge in [0, 0.05) is 0 Å². The van der Waals surface area contributed by atoms with Crippen LogP contribution >= 0.6 is 0 Å². The zero-order chi connectivity index (χ0) is 37.8. The minimum atomic E-state index is -6.28. The number of rotatable bonds is 28. The third kappa shape index (κ3) is 12.4. The summed E-state index contributed by atoms with van der Waals surface area (Å²) in [6, 6.07) is 0. The van der Waals surface area contributed by atoms with Crippen LogP contribution in [0.1, 0.15) is 212 Å². The van der Waals surface area contributed by atoms with E-state index in [0.29, 0.717) is 77.0 Å². The Labute approximate surface area is 307 Å². The van der Waals surface area contributed by atoms with Crippen LogP contribution in [-0.2, 0) is 31.5 Å². The molecule has 0 aromatic rings. The van der Waals surface area contributed by atoms with Gasteiger partial charge in [0.1, 0.15) is 0 Å². The van der Waals surface area contributed by atoms with E-state index in [0.717, 1.165) is 51.4 Å². The molecule has 0 aliphatic rings. The molecule has 0 spiro atoms. The monoisotopic (exact) mass is 804 g/mol. The van der Waals surface area contributed by atoms with Crippen molar-refractivity contribution in [1.29, 1.82) is 0 Å². The van der Waals surface area contributed by atoms with Gasteiger partial charge in [0.15, 0.2) is 0 Å². The average Bonchev–Trinajstić information content (AvgIpc) is 3.10. The maximum atomic E-state index is 14.5. The molecule has 0 radical (unpaired) electrons. The van der Waals surface area contributed by atoms with E-state index in [9.17, 15) is 19.2 Å². The molecule has 0 saturated carbocycles. The van der Waals surface area contributed by atoms with Crippen molar-refractivity contribution in [3.8, 4) is 0 Å². The molecule has 0 saturated heterocycles. The molecular weight excluding hydrogens is 727 g/mol. The molecule has 0 aromatic heterocycles. The third-order valence-corrected chi connectivity index (χ3v) is 17.0. The van der Waals surface area contributed by atoms with Gasteiger partial charge in [-0.05, 0) is 0 Å². The number of hydrogen-bond donors (Lipinski definition) is 0. The molecule has 9 heteroatoms. The van der Waals surface area contributed by atoms with E-state index in [1.54, 1.807) is 0 Å². The Morgan fingerprint density at radius 2 is 0.510 bits per heavy atom. The predicted octanol–water partition coefficient (Wildman–Crippen LogP) is 11.6. The normalized spacial score (nSPS) is 12.8. The van der Waals surface area contributed by atoms with Gasteiger partial charge in [-0.15, -0.1) is 0 Å². The Kier molecular flexibility index (Phi) is 22.7. The van der Waals surface area contributed by atoms with Crippen LogP contribution in [0.4, 0.5) is 0 Å². The fourth-order valence-corrected chi connectivity index (χ4v) is 12.8. The van der Waals surface area contributed by atoms with E-state index in [-0.39, 0.29) is 0 Å². The van der Waals surface area contributed by atoms with Crippen molar-refractivity contribution in [1.82, 2.24) is 0 Å². The topological polar surface area (TPSA) is 105 Å². The Bertz CT molecular complexity index is 819. The molecule has 8 nitrogen and oxygen atoms in total. The van der Waals surface area contributed by atoms with Crippen LogP contribution in [0.5, 0.6) is 0 Å². The van der Waals surface area contributed by atoms with E-state index in [1.807, 2.05) is 55.4 Å². The second-order valence-corrected chi connectivity index (χ2v) is 19.6. The molecule has 49 heavy (non-hydrogen) atoms. The fourth-order valence-electron chi connectivity index (χ4n) is 7.05. The van der Waals surface area contributed by atoms with E-state index < -0.39 is 65.6 Å². The molecule has 0 bridgehead atoms. The second kappa shape index (κ2) is 23.3. The van der Waals surface area contributed by atoms with Crippen LogP contribution in [-0.4, -0.2) is 43.9 Å². The van der Waals surface area contributed by atoms with Crippen molar-refractivity contribution in [2.24, 2.45) is 21.7 Å². The van der Waals surface area contributed by atoms with Gasteiger partial charge in [0.25, 0.3) is 0 Å². The van der Waals surface area contributed by atoms with Gasteiger partial charge in [-0.2, -0.15) is 0 Å². The Morgan fingerprint density at radius 3 is 0.633 bits per heavy atom. The number of hydrogen-bond acceptors (Lipinski definition) is 8. The summed E-state index contributed by atoms with van der Waals surface area (Å²) in [5.41, 5.74) is -3.60. The third-order valence-electron chi connectivity index (χ3n) is 12.1. The summed E-state index contributed by atoms with van der Waals surface area (Å²) in [5.74, 6) is -2.44. The van der Waals surface area contributed by atoms with Gasteiger partial charge in [-0.3, -0.25) is 0 Å². The quantitative estimate of drug-likeness (QED) is 0.0720. The van der Waals surface area contributed by atoms with Gasteiger partial charge >= 0.3 is 309 Å². The molecule has 0 rings (SSSR count). The van der Waals surface area contributed by atoms with Gasteiger partial charge in [-0.25, -0.2) is 0 Å². The van der Waals surface area contributed by atoms with Gasteiger partial charge < -0.3 is 0 Å². The van der Waals surface area contributed by atoms with E-state index >= 15 is 0 Å².